The Labute approximate surface area is 175 Å². The van der Waals surface area contributed by atoms with Gasteiger partial charge in [-0.25, -0.2) is 15.0 Å². The first-order valence-electron chi connectivity index (χ1n) is 10.2. The predicted molar refractivity (Wildman–Crippen MR) is 118 cm³/mol. The number of hydrogen-bond acceptors (Lipinski definition) is 8. The highest BCUT2D eigenvalue weighted by Crippen LogP contribution is 2.18. The van der Waals surface area contributed by atoms with E-state index in [1.54, 1.807) is 23.7 Å². The number of nitrogens with zero attached hydrogens (tertiary/aromatic N) is 8. The van der Waals surface area contributed by atoms with Gasteiger partial charge in [0.15, 0.2) is 11.1 Å². The van der Waals surface area contributed by atoms with Crippen molar-refractivity contribution >= 4 is 28.4 Å². The van der Waals surface area contributed by atoms with Crippen molar-refractivity contribution in [3.8, 4) is 0 Å². The quantitative estimate of drug-likeness (QED) is 0.416. The average Bonchev–Trinajstić information content (AvgIpc) is 3.33. The van der Waals surface area contributed by atoms with Crippen molar-refractivity contribution in [3.05, 3.63) is 30.0 Å². The number of aromatic nitrogens is 3. The summed E-state index contributed by atoms with van der Waals surface area (Å²) in [7, 11) is 0. The van der Waals surface area contributed by atoms with Crippen molar-refractivity contribution in [2.75, 3.05) is 75.2 Å². The Morgan fingerprint density at radius 1 is 0.931 bits per heavy atom. The van der Waals surface area contributed by atoms with Gasteiger partial charge in [0, 0.05) is 89.4 Å². The topological polar surface area (TPSA) is 90.0 Å². The zero-order valence-electron chi connectivity index (χ0n) is 16.7. The molecule has 4 heterocycles. The van der Waals surface area contributed by atoms with Crippen molar-refractivity contribution in [1.29, 1.82) is 0 Å². The number of thiazole rings is 1. The summed E-state index contributed by atoms with van der Waals surface area (Å²) in [6.45, 7) is 9.54. The number of guanidine groups is 1. The van der Waals surface area contributed by atoms with Crippen LogP contribution in [0.1, 0.15) is 6.42 Å². The van der Waals surface area contributed by atoms with E-state index in [1.807, 2.05) is 17.6 Å². The second-order valence-electron chi connectivity index (χ2n) is 7.26. The van der Waals surface area contributed by atoms with Gasteiger partial charge in [0.25, 0.3) is 0 Å². The molecule has 0 saturated carbocycles. The number of rotatable bonds is 6. The van der Waals surface area contributed by atoms with E-state index in [2.05, 4.69) is 39.5 Å². The van der Waals surface area contributed by atoms with Crippen LogP contribution in [0.25, 0.3) is 0 Å². The Morgan fingerprint density at radius 3 is 2.34 bits per heavy atom. The summed E-state index contributed by atoms with van der Waals surface area (Å²) < 4.78 is 0. The monoisotopic (exact) mass is 415 g/mol. The highest BCUT2D eigenvalue weighted by molar-refractivity contribution is 7.13. The van der Waals surface area contributed by atoms with Crippen LogP contribution in [0, 0.1) is 0 Å². The van der Waals surface area contributed by atoms with Crippen LogP contribution < -0.4 is 15.5 Å². The van der Waals surface area contributed by atoms with E-state index in [1.165, 1.54) is 0 Å². The Hall–Kier alpha value is -2.46. The van der Waals surface area contributed by atoms with E-state index in [0.29, 0.717) is 5.96 Å². The minimum Gasteiger partial charge on any atom is -0.370 e. The smallest absolute Gasteiger partial charge is 0.225 e. The van der Waals surface area contributed by atoms with Crippen LogP contribution >= 0.6 is 11.3 Å². The lowest BCUT2D eigenvalue weighted by molar-refractivity contribution is 0.255. The first-order chi connectivity index (χ1) is 14.3. The fraction of sp³-hybridized carbons (Fsp3) is 0.579. The van der Waals surface area contributed by atoms with E-state index in [9.17, 15) is 0 Å². The van der Waals surface area contributed by atoms with Crippen LogP contribution in [-0.2, 0) is 0 Å². The molecule has 29 heavy (non-hydrogen) atoms. The van der Waals surface area contributed by atoms with E-state index in [0.717, 1.165) is 82.9 Å². The number of aliphatic imine (C=N–C) groups is 1. The number of hydrogen-bond donors (Lipinski definition) is 1. The second kappa shape index (κ2) is 9.84. The summed E-state index contributed by atoms with van der Waals surface area (Å²) in [4.78, 5) is 26.9. The molecule has 2 fully saturated rings. The van der Waals surface area contributed by atoms with E-state index in [-0.39, 0.29) is 0 Å². The molecule has 2 saturated heterocycles. The largest absolute Gasteiger partial charge is 0.370 e. The molecule has 2 aromatic rings. The highest BCUT2D eigenvalue weighted by atomic mass is 32.1. The first-order valence-corrected chi connectivity index (χ1v) is 11.1. The SMILES string of the molecule is NC(=NCCCN1CCN(c2ncccn2)CC1)N1CCN(c2nccs2)CC1. The molecule has 0 aromatic carbocycles. The van der Waals surface area contributed by atoms with Gasteiger partial charge in [-0.05, 0) is 12.5 Å². The Morgan fingerprint density at radius 2 is 1.66 bits per heavy atom. The third-order valence-electron chi connectivity index (χ3n) is 5.41. The van der Waals surface area contributed by atoms with Crippen LogP contribution in [0.3, 0.4) is 0 Å². The van der Waals surface area contributed by atoms with Gasteiger partial charge in [-0.1, -0.05) is 0 Å². The van der Waals surface area contributed by atoms with Crippen molar-refractivity contribution in [2.45, 2.75) is 6.42 Å². The van der Waals surface area contributed by atoms with Gasteiger partial charge in [0.05, 0.1) is 0 Å². The molecule has 9 nitrogen and oxygen atoms in total. The van der Waals surface area contributed by atoms with Gasteiger partial charge >= 0.3 is 0 Å². The van der Waals surface area contributed by atoms with Crippen LogP contribution in [-0.4, -0.2) is 96.2 Å². The molecule has 0 amide bonds. The van der Waals surface area contributed by atoms with E-state index >= 15 is 0 Å². The molecule has 10 heteroatoms. The molecule has 0 atom stereocenters. The maximum Gasteiger partial charge on any atom is 0.225 e. The van der Waals surface area contributed by atoms with Crippen molar-refractivity contribution in [2.24, 2.45) is 10.7 Å². The van der Waals surface area contributed by atoms with Crippen molar-refractivity contribution in [3.63, 3.8) is 0 Å². The summed E-state index contributed by atoms with van der Waals surface area (Å²) in [5.41, 5.74) is 6.22. The molecule has 2 aliphatic heterocycles. The fourth-order valence-corrected chi connectivity index (χ4v) is 4.41. The average molecular weight is 416 g/mol. The Bertz CT molecular complexity index is 751. The van der Waals surface area contributed by atoms with Crippen molar-refractivity contribution in [1.82, 2.24) is 24.8 Å². The summed E-state index contributed by atoms with van der Waals surface area (Å²) in [6.07, 6.45) is 6.49. The van der Waals surface area contributed by atoms with Crippen LogP contribution in [0.4, 0.5) is 11.1 Å². The molecule has 0 bridgehead atoms. The third-order valence-corrected chi connectivity index (χ3v) is 6.24. The first kappa shape index (κ1) is 19.8. The summed E-state index contributed by atoms with van der Waals surface area (Å²) >= 11 is 1.69. The van der Waals surface area contributed by atoms with Gasteiger partial charge in [-0.2, -0.15) is 0 Å². The fourth-order valence-electron chi connectivity index (χ4n) is 3.71. The number of piperazine rings is 2. The Kier molecular flexibility index (Phi) is 6.73. The predicted octanol–water partition coefficient (Wildman–Crippen LogP) is 0.582. The minimum absolute atomic E-state index is 0.676. The van der Waals surface area contributed by atoms with Gasteiger partial charge < -0.3 is 20.4 Å². The lowest BCUT2D eigenvalue weighted by Gasteiger charge is -2.35. The van der Waals surface area contributed by atoms with Gasteiger partial charge in [-0.15, -0.1) is 11.3 Å². The molecule has 0 unspecified atom stereocenters. The summed E-state index contributed by atoms with van der Waals surface area (Å²) in [5.74, 6) is 1.51. The van der Waals surface area contributed by atoms with Crippen LogP contribution in [0.2, 0.25) is 0 Å². The van der Waals surface area contributed by atoms with Crippen LogP contribution in [0.15, 0.2) is 35.0 Å². The van der Waals surface area contributed by atoms with Gasteiger partial charge in [-0.3, -0.25) is 9.89 Å². The molecule has 0 radical (unpaired) electrons. The third kappa shape index (κ3) is 5.33. The standard InChI is InChI=1S/C19H29N9S/c20-17(26-12-14-28(15-13-26)19-24-6-16-29-19)21-5-2-7-25-8-10-27(11-9-25)18-22-3-1-4-23-18/h1,3-4,6,16H,2,5,7-15H2,(H2,20,21). The molecule has 2 aromatic heterocycles. The maximum absolute atomic E-state index is 6.22. The lowest BCUT2D eigenvalue weighted by Crippen LogP contribution is -2.51. The zero-order valence-corrected chi connectivity index (χ0v) is 17.5. The zero-order chi connectivity index (χ0) is 19.9. The van der Waals surface area contributed by atoms with E-state index < -0.39 is 0 Å². The molecular weight excluding hydrogens is 386 g/mol. The maximum atomic E-state index is 6.22. The lowest BCUT2D eigenvalue weighted by atomic mass is 10.3. The second-order valence-corrected chi connectivity index (χ2v) is 8.13. The minimum atomic E-state index is 0.676. The molecule has 0 aliphatic carbocycles. The highest BCUT2D eigenvalue weighted by Gasteiger charge is 2.20. The molecule has 4 rings (SSSR count). The molecule has 2 N–H and O–H groups in total. The molecule has 2 aliphatic rings. The molecule has 0 spiro atoms. The summed E-state index contributed by atoms with van der Waals surface area (Å²) in [5, 5.41) is 3.12. The number of anilines is 2. The van der Waals surface area contributed by atoms with Gasteiger partial charge in [0.1, 0.15) is 0 Å². The van der Waals surface area contributed by atoms with Gasteiger partial charge in [0.2, 0.25) is 5.95 Å². The Balaban J connectivity index is 1.13. The number of nitrogens with two attached hydrogens (primary N) is 1. The molecule has 156 valence electrons. The molecular formula is C19H29N9S. The van der Waals surface area contributed by atoms with Crippen molar-refractivity contribution < 1.29 is 0 Å². The normalized spacial score (nSPS) is 19.0. The van der Waals surface area contributed by atoms with E-state index in [4.69, 9.17) is 5.73 Å². The summed E-state index contributed by atoms with van der Waals surface area (Å²) in [6, 6.07) is 1.85. The van der Waals surface area contributed by atoms with Crippen LogP contribution in [0.5, 0.6) is 0 Å².